The second kappa shape index (κ2) is 12.8. The zero-order valence-corrected chi connectivity index (χ0v) is 23.3. The lowest BCUT2D eigenvalue weighted by Crippen LogP contribution is -2.40. The zero-order valence-electron chi connectivity index (χ0n) is 23.3. The Morgan fingerprint density at radius 3 is 2.44 bits per heavy atom. The maximum Gasteiger partial charge on any atom is 0.275 e. The van der Waals surface area contributed by atoms with Crippen LogP contribution in [0.3, 0.4) is 0 Å². The van der Waals surface area contributed by atoms with Crippen LogP contribution < -0.4 is 10.2 Å². The molecule has 1 unspecified atom stereocenters. The molecule has 0 saturated heterocycles. The summed E-state index contributed by atoms with van der Waals surface area (Å²) in [6.45, 7) is 6.13. The lowest BCUT2D eigenvalue weighted by Gasteiger charge is -2.34. The molecule has 2 amide bonds. The van der Waals surface area contributed by atoms with Crippen LogP contribution in [0.4, 0.5) is 20.2 Å². The number of carbonyl (C=O) groups excluding carboxylic acids is 3. The fourth-order valence-corrected chi connectivity index (χ4v) is 5.09. The molecule has 0 fully saturated rings. The van der Waals surface area contributed by atoms with E-state index >= 15 is 8.78 Å². The molecule has 0 radical (unpaired) electrons. The Hall–Kier alpha value is -4.49. The Morgan fingerprint density at radius 1 is 1.10 bits per heavy atom. The highest BCUT2D eigenvalue weighted by atomic mass is 19.3. The van der Waals surface area contributed by atoms with Gasteiger partial charge in [-0.25, -0.2) is 13.6 Å². The van der Waals surface area contributed by atoms with Crippen molar-refractivity contribution >= 4 is 34.7 Å². The van der Waals surface area contributed by atoms with Gasteiger partial charge in [0.15, 0.2) is 0 Å². The first-order valence-electron chi connectivity index (χ1n) is 13.7. The number of halogens is 2. The number of likely N-dealkylation sites (N-methyl/N-ethyl adjacent to an activating group) is 1. The summed E-state index contributed by atoms with van der Waals surface area (Å²) in [4.78, 5) is 41.6. The van der Waals surface area contributed by atoms with Crippen molar-refractivity contribution in [3.8, 4) is 0 Å². The van der Waals surface area contributed by atoms with Crippen LogP contribution in [0.25, 0.3) is 5.57 Å². The van der Waals surface area contributed by atoms with Crippen molar-refractivity contribution in [2.45, 2.75) is 39.2 Å². The van der Waals surface area contributed by atoms with Gasteiger partial charge in [-0.05, 0) is 45.0 Å². The van der Waals surface area contributed by atoms with Crippen molar-refractivity contribution < 1.29 is 27.9 Å². The molecule has 1 heterocycles. The number of hydrogen-bond donors (Lipinski definition) is 1. The molecule has 0 spiro atoms. The molecule has 0 bridgehead atoms. The molecule has 7 nitrogen and oxygen atoms in total. The Balaban J connectivity index is 1.77. The van der Waals surface area contributed by atoms with E-state index in [0.717, 1.165) is 6.08 Å². The third kappa shape index (κ3) is 6.15. The molecule has 41 heavy (non-hydrogen) atoms. The van der Waals surface area contributed by atoms with Crippen molar-refractivity contribution in [2.75, 3.05) is 36.5 Å². The fraction of sp³-hybridized carbons (Fsp3) is 0.312. The maximum atomic E-state index is 15.7. The topological polar surface area (TPSA) is 79.0 Å². The molecule has 4 rings (SSSR count). The van der Waals surface area contributed by atoms with Crippen molar-refractivity contribution in [1.82, 2.24) is 4.90 Å². The number of benzene rings is 2. The van der Waals surface area contributed by atoms with Crippen molar-refractivity contribution in [2.24, 2.45) is 0 Å². The summed E-state index contributed by atoms with van der Waals surface area (Å²) in [5.74, 6) is -2.31. The number of amides is 2. The second-order valence-corrected chi connectivity index (χ2v) is 9.55. The SMILES string of the molecule is CCOC1=C(C(=O)Nc2ccccc2)C=CC(N2CCC(F)(F)C(=CC(=O)N(CC)CC)c3ccccc32)C1=C=O. The number of carbonyl (C=O) groups is 2. The van der Waals surface area contributed by atoms with Gasteiger partial charge in [-0.2, -0.15) is 0 Å². The Morgan fingerprint density at radius 2 is 1.78 bits per heavy atom. The van der Waals surface area contributed by atoms with Crippen LogP contribution in [-0.4, -0.2) is 60.9 Å². The molecule has 9 heteroatoms. The van der Waals surface area contributed by atoms with Crippen LogP contribution in [0.15, 0.2) is 89.7 Å². The van der Waals surface area contributed by atoms with E-state index in [1.807, 2.05) is 12.0 Å². The van der Waals surface area contributed by atoms with Crippen molar-refractivity contribution in [1.29, 1.82) is 0 Å². The van der Waals surface area contributed by atoms with Crippen LogP contribution in [-0.2, 0) is 19.1 Å². The molecule has 1 aliphatic carbocycles. The number of nitrogens with one attached hydrogen (secondary N) is 1. The predicted molar refractivity (Wildman–Crippen MR) is 155 cm³/mol. The third-order valence-corrected chi connectivity index (χ3v) is 7.15. The van der Waals surface area contributed by atoms with Gasteiger partial charge >= 0.3 is 0 Å². The summed E-state index contributed by atoms with van der Waals surface area (Å²) < 4.78 is 37.1. The zero-order chi connectivity index (χ0) is 29.6. The molecule has 2 aromatic carbocycles. The molecule has 1 aliphatic heterocycles. The van der Waals surface area contributed by atoms with E-state index in [4.69, 9.17) is 4.74 Å². The first kappa shape index (κ1) is 29.5. The Kier molecular flexibility index (Phi) is 9.20. The lowest BCUT2D eigenvalue weighted by atomic mass is 9.93. The molecule has 0 saturated carbocycles. The van der Waals surface area contributed by atoms with Gasteiger partial charge in [0.1, 0.15) is 17.3 Å². The average molecular weight is 562 g/mol. The molecular formula is C32H33F2N3O4. The molecule has 214 valence electrons. The quantitative estimate of drug-likeness (QED) is 0.345. The summed E-state index contributed by atoms with van der Waals surface area (Å²) in [5, 5.41) is 2.79. The molecule has 0 aromatic heterocycles. The van der Waals surface area contributed by atoms with E-state index in [2.05, 4.69) is 5.32 Å². The van der Waals surface area contributed by atoms with E-state index in [1.165, 1.54) is 4.90 Å². The smallest absolute Gasteiger partial charge is 0.275 e. The van der Waals surface area contributed by atoms with Gasteiger partial charge in [0, 0.05) is 54.6 Å². The van der Waals surface area contributed by atoms with E-state index in [1.54, 1.807) is 86.4 Å². The highest BCUT2D eigenvalue weighted by molar-refractivity contribution is 6.07. The van der Waals surface area contributed by atoms with Gasteiger partial charge in [-0.3, -0.25) is 9.59 Å². The molecule has 1 N–H and O–H groups in total. The standard InChI is InChI=1S/C32H33F2N3O4/c1-4-36(5-2)29(39)20-26-23-14-10-11-15-27(23)37(19-18-32(26,33)34)28-17-16-24(30(41-6-3)25(28)21-38)31(40)35-22-12-8-7-9-13-22/h7-17,20,28H,4-6,18-19H2,1-3H3,(H,35,40). The number of allylic oxidation sites excluding steroid dienone is 1. The Labute approximate surface area is 238 Å². The lowest BCUT2D eigenvalue weighted by molar-refractivity contribution is -0.125. The number of hydrogen-bond acceptors (Lipinski definition) is 5. The summed E-state index contributed by atoms with van der Waals surface area (Å²) in [7, 11) is 0. The van der Waals surface area contributed by atoms with Crippen LogP contribution in [0, 0.1) is 0 Å². The summed E-state index contributed by atoms with van der Waals surface area (Å²) in [6.07, 6.45) is 3.60. The molecule has 2 aromatic rings. The minimum atomic E-state index is -3.31. The number of rotatable bonds is 8. The number of para-hydroxylation sites is 2. The number of ether oxygens (including phenoxy) is 1. The van der Waals surface area contributed by atoms with Crippen LogP contribution in [0.1, 0.15) is 32.8 Å². The Bertz CT molecular complexity index is 1440. The number of nitrogens with zero attached hydrogens (tertiary/aromatic N) is 2. The average Bonchev–Trinajstić information content (AvgIpc) is 3.08. The molecular weight excluding hydrogens is 528 g/mol. The first-order valence-corrected chi connectivity index (χ1v) is 13.7. The minimum Gasteiger partial charge on any atom is -0.492 e. The van der Waals surface area contributed by atoms with Crippen molar-refractivity contribution in [3.05, 3.63) is 95.3 Å². The predicted octanol–water partition coefficient (Wildman–Crippen LogP) is 5.41. The van der Waals surface area contributed by atoms with Gasteiger partial charge in [0.2, 0.25) is 5.91 Å². The monoisotopic (exact) mass is 561 g/mol. The maximum absolute atomic E-state index is 15.7. The normalized spacial score (nSPS) is 18.9. The third-order valence-electron chi connectivity index (χ3n) is 7.15. The number of alkyl halides is 2. The van der Waals surface area contributed by atoms with Crippen LogP contribution in [0.5, 0.6) is 0 Å². The molecule has 1 atom stereocenters. The summed E-state index contributed by atoms with van der Waals surface area (Å²) >= 11 is 0. The van der Waals surface area contributed by atoms with Crippen molar-refractivity contribution in [3.63, 3.8) is 0 Å². The van der Waals surface area contributed by atoms with Crippen LogP contribution in [0.2, 0.25) is 0 Å². The van der Waals surface area contributed by atoms with Gasteiger partial charge in [-0.15, -0.1) is 0 Å². The van der Waals surface area contributed by atoms with Gasteiger partial charge in [0.05, 0.1) is 18.2 Å². The van der Waals surface area contributed by atoms with E-state index in [9.17, 15) is 14.4 Å². The van der Waals surface area contributed by atoms with Crippen LogP contribution >= 0.6 is 0 Å². The highest BCUT2D eigenvalue weighted by Crippen LogP contribution is 2.45. The summed E-state index contributed by atoms with van der Waals surface area (Å²) in [6, 6.07) is 14.6. The summed E-state index contributed by atoms with van der Waals surface area (Å²) in [5.41, 5.74) is 0.978. The van der Waals surface area contributed by atoms with E-state index in [0.29, 0.717) is 24.5 Å². The minimum absolute atomic E-state index is 0.0253. The number of fused-ring (bicyclic) bond motifs is 1. The molecule has 2 aliphatic rings. The highest BCUT2D eigenvalue weighted by Gasteiger charge is 2.43. The largest absolute Gasteiger partial charge is 0.492 e. The first-order chi connectivity index (χ1) is 19.7. The second-order valence-electron chi connectivity index (χ2n) is 9.55. The number of anilines is 2. The van der Waals surface area contributed by atoms with E-state index in [-0.39, 0.29) is 41.2 Å². The van der Waals surface area contributed by atoms with Gasteiger partial charge in [0.25, 0.3) is 11.8 Å². The fourth-order valence-electron chi connectivity index (χ4n) is 5.09. The van der Waals surface area contributed by atoms with E-state index < -0.39 is 30.2 Å². The van der Waals surface area contributed by atoms with Gasteiger partial charge < -0.3 is 19.9 Å². The van der Waals surface area contributed by atoms with Gasteiger partial charge in [-0.1, -0.05) is 42.5 Å².